The van der Waals surface area contributed by atoms with E-state index in [-0.39, 0.29) is 11.2 Å². The molecular weight excluding hydrogens is 414 g/mol. The van der Waals surface area contributed by atoms with Crippen molar-refractivity contribution in [2.75, 3.05) is 5.32 Å². The van der Waals surface area contributed by atoms with Crippen molar-refractivity contribution in [3.05, 3.63) is 99.5 Å². The Balaban J connectivity index is 1.40. The lowest BCUT2D eigenvalue weighted by Crippen LogP contribution is -2.16. The molecule has 0 saturated carbocycles. The van der Waals surface area contributed by atoms with Gasteiger partial charge in [0.1, 0.15) is 5.58 Å². The average Bonchev–Trinajstić information content (AvgIpc) is 3.47. The number of para-hydroxylation sites is 2. The molecule has 5 rings (SSSR count). The SMILES string of the molecule is O=C(Nc1ccccc1Cc1nc(-c2cccs2)no1)c1cc(=O)c2ccccc2o1. The summed E-state index contributed by atoms with van der Waals surface area (Å²) in [4.78, 5) is 30.4. The lowest BCUT2D eigenvalue weighted by atomic mass is 10.1. The molecule has 2 aromatic carbocycles. The molecule has 31 heavy (non-hydrogen) atoms. The molecule has 8 heteroatoms. The van der Waals surface area contributed by atoms with Crippen molar-refractivity contribution in [1.82, 2.24) is 10.1 Å². The molecule has 0 aliphatic rings. The Morgan fingerprint density at radius 2 is 1.87 bits per heavy atom. The lowest BCUT2D eigenvalue weighted by Gasteiger charge is -2.09. The fraction of sp³-hybridized carbons (Fsp3) is 0.0435. The summed E-state index contributed by atoms with van der Waals surface area (Å²) in [7, 11) is 0. The summed E-state index contributed by atoms with van der Waals surface area (Å²) in [5.74, 6) is 0.392. The van der Waals surface area contributed by atoms with Gasteiger partial charge in [0.25, 0.3) is 5.91 Å². The van der Waals surface area contributed by atoms with Crippen molar-refractivity contribution in [3.63, 3.8) is 0 Å². The molecule has 0 unspecified atom stereocenters. The van der Waals surface area contributed by atoms with Crippen LogP contribution in [0, 0.1) is 0 Å². The number of fused-ring (bicyclic) bond motifs is 1. The summed E-state index contributed by atoms with van der Waals surface area (Å²) in [5, 5.41) is 9.21. The van der Waals surface area contributed by atoms with Crippen LogP contribution in [-0.2, 0) is 6.42 Å². The van der Waals surface area contributed by atoms with Crippen LogP contribution < -0.4 is 10.7 Å². The highest BCUT2D eigenvalue weighted by Crippen LogP contribution is 2.24. The zero-order chi connectivity index (χ0) is 21.2. The minimum Gasteiger partial charge on any atom is -0.451 e. The van der Waals surface area contributed by atoms with Gasteiger partial charge in [0.2, 0.25) is 11.7 Å². The van der Waals surface area contributed by atoms with Crippen LogP contribution in [0.1, 0.15) is 22.0 Å². The molecule has 3 aromatic heterocycles. The third-order valence-electron chi connectivity index (χ3n) is 4.68. The van der Waals surface area contributed by atoms with Gasteiger partial charge in [0, 0.05) is 11.8 Å². The van der Waals surface area contributed by atoms with Gasteiger partial charge in [0.15, 0.2) is 11.2 Å². The third-order valence-corrected chi connectivity index (χ3v) is 5.54. The second-order valence-corrected chi connectivity index (χ2v) is 7.70. The molecule has 0 aliphatic carbocycles. The van der Waals surface area contributed by atoms with Crippen LogP contribution in [0.3, 0.4) is 0 Å². The van der Waals surface area contributed by atoms with E-state index in [0.717, 1.165) is 10.4 Å². The number of anilines is 1. The Hall–Kier alpha value is -4.04. The maximum atomic E-state index is 12.8. The third kappa shape index (κ3) is 3.88. The number of aromatic nitrogens is 2. The zero-order valence-corrected chi connectivity index (χ0v) is 16.9. The number of nitrogens with one attached hydrogen (secondary N) is 1. The summed E-state index contributed by atoms with van der Waals surface area (Å²) in [6.45, 7) is 0. The van der Waals surface area contributed by atoms with Gasteiger partial charge in [-0.1, -0.05) is 41.6 Å². The number of rotatable bonds is 5. The van der Waals surface area contributed by atoms with Crippen molar-refractivity contribution in [2.24, 2.45) is 0 Å². The lowest BCUT2D eigenvalue weighted by molar-refractivity contribution is 0.0997. The van der Waals surface area contributed by atoms with Gasteiger partial charge in [-0.05, 0) is 35.2 Å². The van der Waals surface area contributed by atoms with E-state index in [2.05, 4.69) is 15.5 Å². The van der Waals surface area contributed by atoms with E-state index in [1.165, 1.54) is 17.4 Å². The van der Waals surface area contributed by atoms with Crippen molar-refractivity contribution in [3.8, 4) is 10.7 Å². The topological polar surface area (TPSA) is 98.2 Å². The quantitative estimate of drug-likeness (QED) is 0.433. The number of amides is 1. The van der Waals surface area contributed by atoms with Crippen LogP contribution in [0.25, 0.3) is 21.7 Å². The molecule has 0 radical (unpaired) electrons. The van der Waals surface area contributed by atoms with Gasteiger partial charge in [-0.15, -0.1) is 11.3 Å². The van der Waals surface area contributed by atoms with Crippen LogP contribution >= 0.6 is 11.3 Å². The van der Waals surface area contributed by atoms with Crippen molar-refractivity contribution in [2.45, 2.75) is 6.42 Å². The second-order valence-electron chi connectivity index (χ2n) is 6.75. The molecule has 0 aliphatic heterocycles. The molecule has 0 saturated heterocycles. The molecule has 1 amide bonds. The zero-order valence-electron chi connectivity index (χ0n) is 16.1. The molecule has 1 N–H and O–H groups in total. The first-order chi connectivity index (χ1) is 15.2. The molecule has 0 atom stereocenters. The fourth-order valence-electron chi connectivity index (χ4n) is 3.19. The monoisotopic (exact) mass is 429 g/mol. The molecule has 3 heterocycles. The first kappa shape index (κ1) is 19.0. The largest absolute Gasteiger partial charge is 0.451 e. The molecule has 0 spiro atoms. The van der Waals surface area contributed by atoms with Gasteiger partial charge in [-0.25, -0.2) is 0 Å². The maximum Gasteiger partial charge on any atom is 0.291 e. The predicted molar refractivity (Wildman–Crippen MR) is 117 cm³/mol. The standard InChI is InChI=1S/C23H15N3O4S/c27-17-13-19(29-18-9-4-2-7-15(17)18)23(28)24-16-8-3-1-6-14(16)12-21-25-22(26-30-21)20-10-5-11-31-20/h1-11,13H,12H2,(H,24,28). The van der Waals surface area contributed by atoms with E-state index in [9.17, 15) is 9.59 Å². The number of hydrogen-bond acceptors (Lipinski definition) is 7. The van der Waals surface area contributed by atoms with E-state index >= 15 is 0 Å². The van der Waals surface area contributed by atoms with E-state index < -0.39 is 5.91 Å². The summed E-state index contributed by atoms with van der Waals surface area (Å²) < 4.78 is 11.0. The number of thiophene rings is 1. The molecule has 0 fully saturated rings. The highest BCUT2D eigenvalue weighted by Gasteiger charge is 2.16. The van der Waals surface area contributed by atoms with Gasteiger partial charge >= 0.3 is 0 Å². The minimum absolute atomic E-state index is 0.0590. The van der Waals surface area contributed by atoms with Crippen LogP contribution in [0.5, 0.6) is 0 Å². The van der Waals surface area contributed by atoms with E-state index in [0.29, 0.717) is 34.8 Å². The van der Waals surface area contributed by atoms with Crippen molar-refractivity contribution < 1.29 is 13.7 Å². The first-order valence-corrected chi connectivity index (χ1v) is 10.3. The molecule has 152 valence electrons. The number of nitrogens with zero attached hydrogens (tertiary/aromatic N) is 2. The Morgan fingerprint density at radius 3 is 2.74 bits per heavy atom. The Labute approximate surface area is 180 Å². The minimum atomic E-state index is -0.514. The molecule has 7 nitrogen and oxygen atoms in total. The maximum absolute atomic E-state index is 12.8. The number of carbonyl (C=O) groups excluding carboxylic acids is 1. The Bertz CT molecular complexity index is 1440. The first-order valence-electron chi connectivity index (χ1n) is 9.46. The van der Waals surface area contributed by atoms with Crippen LogP contribution in [0.15, 0.2) is 85.8 Å². The van der Waals surface area contributed by atoms with Gasteiger partial charge in [-0.3, -0.25) is 9.59 Å². The smallest absolute Gasteiger partial charge is 0.291 e. The van der Waals surface area contributed by atoms with Gasteiger partial charge < -0.3 is 14.3 Å². The number of carbonyl (C=O) groups is 1. The normalized spacial score (nSPS) is 11.0. The molecule has 0 bridgehead atoms. The van der Waals surface area contributed by atoms with Crippen LogP contribution in [0.4, 0.5) is 5.69 Å². The Morgan fingerprint density at radius 1 is 1.03 bits per heavy atom. The summed E-state index contributed by atoms with van der Waals surface area (Å²) in [6, 6.07) is 19.1. The van der Waals surface area contributed by atoms with E-state index in [1.54, 1.807) is 36.4 Å². The van der Waals surface area contributed by atoms with E-state index in [1.807, 2.05) is 29.6 Å². The van der Waals surface area contributed by atoms with Crippen molar-refractivity contribution >= 4 is 33.9 Å². The van der Waals surface area contributed by atoms with E-state index in [4.69, 9.17) is 8.94 Å². The van der Waals surface area contributed by atoms with Gasteiger partial charge in [-0.2, -0.15) is 4.98 Å². The second kappa shape index (κ2) is 8.00. The highest BCUT2D eigenvalue weighted by atomic mass is 32.1. The number of benzene rings is 2. The summed E-state index contributed by atoms with van der Waals surface area (Å²) in [5.41, 5.74) is 1.45. The fourth-order valence-corrected chi connectivity index (χ4v) is 3.84. The molecular formula is C23H15N3O4S. The summed E-state index contributed by atoms with van der Waals surface area (Å²) in [6.07, 6.45) is 0.344. The van der Waals surface area contributed by atoms with Crippen LogP contribution in [0.2, 0.25) is 0 Å². The average molecular weight is 429 g/mol. The van der Waals surface area contributed by atoms with Gasteiger partial charge in [0.05, 0.1) is 16.7 Å². The highest BCUT2D eigenvalue weighted by molar-refractivity contribution is 7.13. The predicted octanol–water partition coefficient (Wildman–Crippen LogP) is 4.75. The number of hydrogen-bond donors (Lipinski definition) is 1. The van der Waals surface area contributed by atoms with Crippen molar-refractivity contribution in [1.29, 1.82) is 0 Å². The Kier molecular flexibility index (Phi) is 4.89. The molecule has 5 aromatic rings. The van der Waals surface area contributed by atoms with Crippen LogP contribution in [-0.4, -0.2) is 16.0 Å². The summed E-state index contributed by atoms with van der Waals surface area (Å²) >= 11 is 1.53.